The van der Waals surface area contributed by atoms with Gasteiger partial charge >= 0.3 is 16.8 Å². The second-order valence-corrected chi connectivity index (χ2v) is 9.43. The first-order valence-corrected chi connectivity index (χ1v) is 12.0. The Hall–Kier alpha value is -3.17. The van der Waals surface area contributed by atoms with Gasteiger partial charge in [-0.1, -0.05) is 48.5 Å². The zero-order valence-corrected chi connectivity index (χ0v) is 22.6. The van der Waals surface area contributed by atoms with Gasteiger partial charge in [-0.05, 0) is 24.3 Å². The second-order valence-electron chi connectivity index (χ2n) is 6.73. The molecule has 5 aromatic rings. The maximum atomic E-state index is 11.0. The molecule has 39 heavy (non-hydrogen) atoms. The second kappa shape index (κ2) is 16.7. The Balaban J connectivity index is -0.000000270. The van der Waals surface area contributed by atoms with E-state index in [1.165, 1.54) is 24.3 Å². The normalized spacial score (nSPS) is 9.79. The van der Waals surface area contributed by atoms with Crippen molar-refractivity contribution in [1.82, 2.24) is 9.97 Å². The van der Waals surface area contributed by atoms with Crippen molar-refractivity contribution in [3.8, 4) is 0 Å². The van der Waals surface area contributed by atoms with Gasteiger partial charge in [-0.3, -0.25) is 9.97 Å². The standard InChI is InChI=1S/C12H8N2.C10H8O6S2.Co.6H2O/c1-3-9-5-6-10-4-2-8-14-12(10)11(9)13-7-1;11-17(12,13)9-5-1-3-7-8(9)4-2-6-10(7)18(14,15)16;;;;;;;/h1-8H;1-6H,(H,11,12,13)(H,14,15,16);;6*1H2/q;;+2;;;;;;/p+2. The van der Waals surface area contributed by atoms with E-state index in [9.17, 15) is 25.9 Å². The first kappa shape index (κ1) is 42.9. The Morgan fingerprint density at radius 2 is 0.846 bits per heavy atom. The molecule has 0 amide bonds. The van der Waals surface area contributed by atoms with E-state index in [0.717, 1.165) is 33.9 Å². The summed E-state index contributed by atoms with van der Waals surface area (Å²) >= 11 is 0. The summed E-state index contributed by atoms with van der Waals surface area (Å²) in [6, 6.07) is 19.2. The number of benzene rings is 3. The molecule has 17 heteroatoms. The molecule has 0 spiro atoms. The van der Waals surface area contributed by atoms with Crippen LogP contribution in [0.2, 0.25) is 0 Å². The predicted octanol–water partition coefficient (Wildman–Crippen LogP) is -1.91. The molecule has 14 nitrogen and oxygen atoms in total. The number of rotatable bonds is 2. The summed E-state index contributed by atoms with van der Waals surface area (Å²) in [7, 11) is -9.48. The predicted molar refractivity (Wildman–Crippen MR) is 144 cm³/mol. The molecule has 16 N–H and O–H groups in total. The van der Waals surface area contributed by atoms with E-state index in [1.807, 2.05) is 12.1 Å². The summed E-state index contributed by atoms with van der Waals surface area (Å²) in [4.78, 5) is 7.59. The molecule has 0 saturated carbocycles. The Labute approximate surface area is 232 Å². The van der Waals surface area contributed by atoms with Crippen molar-refractivity contribution in [3.63, 3.8) is 0 Å². The zero-order chi connectivity index (χ0) is 22.9. The number of hydrogen-bond acceptors (Lipinski definition) is 8. The van der Waals surface area contributed by atoms with Crippen molar-refractivity contribution < 1.29 is 75.6 Å². The van der Waals surface area contributed by atoms with E-state index in [1.54, 1.807) is 12.4 Å². The van der Waals surface area contributed by atoms with E-state index in [4.69, 9.17) is 0 Å². The third-order valence-electron chi connectivity index (χ3n) is 4.73. The molecular formula is C22H30CoN2O12S2+4. The fraction of sp³-hybridized carbons (Fsp3) is 0. The zero-order valence-electron chi connectivity index (χ0n) is 19.9. The Morgan fingerprint density at radius 3 is 1.15 bits per heavy atom. The number of pyridine rings is 2. The summed E-state index contributed by atoms with van der Waals surface area (Å²) in [5.41, 5.74) is 1.95. The third kappa shape index (κ3) is 9.21. The fourth-order valence-corrected chi connectivity index (χ4v) is 4.75. The molecule has 0 unspecified atom stereocenters. The average molecular weight is 638 g/mol. The van der Waals surface area contributed by atoms with Crippen LogP contribution in [0.5, 0.6) is 0 Å². The molecule has 0 aliphatic rings. The molecule has 0 atom stereocenters. The molecule has 0 saturated heterocycles. The molecule has 0 fully saturated rings. The van der Waals surface area contributed by atoms with E-state index in [0.29, 0.717) is 0 Å². The van der Waals surface area contributed by atoms with Gasteiger partial charge in [0.15, 0.2) is 0 Å². The van der Waals surface area contributed by atoms with Crippen LogP contribution < -0.4 is 0 Å². The Morgan fingerprint density at radius 1 is 0.513 bits per heavy atom. The third-order valence-corrected chi connectivity index (χ3v) is 6.51. The van der Waals surface area contributed by atoms with E-state index in [-0.39, 0.29) is 60.4 Å². The fourth-order valence-electron chi connectivity index (χ4n) is 3.37. The van der Waals surface area contributed by atoms with Gasteiger partial charge in [0.25, 0.3) is 0 Å². The largest absolute Gasteiger partial charge is 2.00 e. The molecule has 1 radical (unpaired) electrons. The first-order chi connectivity index (χ1) is 15.2. The number of nitrogens with zero attached hydrogens (tertiary/aromatic N) is 2. The summed E-state index contributed by atoms with van der Waals surface area (Å²) < 4.78 is 66.1. The van der Waals surface area contributed by atoms with Crippen LogP contribution in [0.15, 0.2) is 95.0 Å². The van der Waals surface area contributed by atoms with Crippen LogP contribution in [0.1, 0.15) is 0 Å². The van der Waals surface area contributed by atoms with Crippen LogP contribution in [0.3, 0.4) is 0 Å². The van der Waals surface area contributed by atoms with Crippen LogP contribution in [0.4, 0.5) is 0 Å². The molecular weight excluding hydrogens is 607 g/mol. The number of hydrogen-bond donors (Lipinski definition) is 0. The molecule has 0 bridgehead atoms. The van der Waals surface area contributed by atoms with Crippen LogP contribution in [-0.2, 0) is 58.9 Å². The van der Waals surface area contributed by atoms with Crippen molar-refractivity contribution in [2.24, 2.45) is 0 Å². The molecule has 2 aromatic heterocycles. The van der Waals surface area contributed by atoms with Crippen molar-refractivity contribution in [2.75, 3.05) is 0 Å². The van der Waals surface area contributed by atoms with Crippen molar-refractivity contribution in [1.29, 1.82) is 0 Å². The van der Waals surface area contributed by atoms with Gasteiger partial charge in [0.2, 0.25) is 0 Å². The average Bonchev–Trinajstić information content (AvgIpc) is 2.77. The monoisotopic (exact) mass is 637 g/mol. The SMILES string of the molecule is O.O.O=S(=O)([O-])c1cccc2c(S(=O)(=O)[O-])cccc12.[Co+2].[OH3+].[OH3+].[OH3+].[OH3+].c1cnc2c(c1)ccc1cccnc12. The molecule has 0 aliphatic carbocycles. The maximum Gasteiger partial charge on any atom is 2.00 e. The van der Waals surface area contributed by atoms with E-state index < -0.39 is 30.0 Å². The van der Waals surface area contributed by atoms with E-state index in [2.05, 4.69) is 34.2 Å². The summed E-state index contributed by atoms with van der Waals surface area (Å²) in [5, 5.41) is 2.12. The minimum Gasteiger partial charge on any atom is -0.744 e. The molecule has 0 aliphatic heterocycles. The minimum absolute atomic E-state index is 0. The van der Waals surface area contributed by atoms with Crippen LogP contribution in [0, 0.1) is 0 Å². The van der Waals surface area contributed by atoms with E-state index >= 15 is 0 Å². The molecule has 3 aromatic carbocycles. The summed E-state index contributed by atoms with van der Waals surface area (Å²) in [6.45, 7) is 0. The quantitative estimate of drug-likeness (QED) is 0.119. The van der Waals surface area contributed by atoms with Gasteiger partial charge in [0.1, 0.15) is 20.2 Å². The number of aromatic nitrogens is 2. The number of fused-ring (bicyclic) bond motifs is 4. The topological polar surface area (TPSA) is 335 Å². The smallest absolute Gasteiger partial charge is 0.744 e. The summed E-state index contributed by atoms with van der Waals surface area (Å²) in [6.07, 6.45) is 3.60. The van der Waals surface area contributed by atoms with Gasteiger partial charge in [-0.15, -0.1) is 0 Å². The Kier molecular flexibility index (Phi) is 18.4. The minimum atomic E-state index is -4.74. The maximum absolute atomic E-state index is 11.0. The Bertz CT molecular complexity index is 1580. The van der Waals surface area contributed by atoms with Crippen molar-refractivity contribution in [3.05, 3.63) is 85.2 Å². The molecule has 5 rings (SSSR count). The van der Waals surface area contributed by atoms with Gasteiger partial charge in [0.05, 0.1) is 20.8 Å². The van der Waals surface area contributed by atoms with Gasteiger partial charge < -0.3 is 42.0 Å². The van der Waals surface area contributed by atoms with Crippen molar-refractivity contribution in [2.45, 2.75) is 9.79 Å². The molecule has 217 valence electrons. The van der Waals surface area contributed by atoms with Gasteiger partial charge in [0, 0.05) is 33.9 Å². The van der Waals surface area contributed by atoms with Gasteiger partial charge in [-0.25, -0.2) is 16.8 Å². The van der Waals surface area contributed by atoms with Crippen LogP contribution in [0.25, 0.3) is 32.6 Å². The van der Waals surface area contributed by atoms with Gasteiger partial charge in [-0.2, -0.15) is 0 Å². The van der Waals surface area contributed by atoms with Crippen LogP contribution >= 0.6 is 0 Å². The van der Waals surface area contributed by atoms with Crippen LogP contribution in [-0.4, -0.2) is 46.9 Å². The first-order valence-electron chi connectivity index (χ1n) is 9.18. The van der Waals surface area contributed by atoms with Crippen molar-refractivity contribution >= 4 is 52.8 Å². The molecule has 2 heterocycles. The summed E-state index contributed by atoms with van der Waals surface area (Å²) in [5.74, 6) is 0.